The van der Waals surface area contributed by atoms with E-state index in [9.17, 15) is 4.39 Å². The van der Waals surface area contributed by atoms with Crippen molar-refractivity contribution in [3.8, 4) is 5.75 Å². The number of aliphatic hydroxyl groups excluding tert-OH is 1. The second kappa shape index (κ2) is 3.75. The monoisotopic (exact) mass is 184 g/mol. The standard InChI is InChI=1S/C10H13FO2/c1-6-3-8(13)4-9(11)10(6)7(2)5-12/h3-4,7,12-13H,5H2,1-2H3. The zero-order valence-electron chi connectivity index (χ0n) is 7.71. The summed E-state index contributed by atoms with van der Waals surface area (Å²) in [5.74, 6) is -0.775. The van der Waals surface area contributed by atoms with Crippen molar-refractivity contribution in [1.29, 1.82) is 0 Å². The van der Waals surface area contributed by atoms with Gasteiger partial charge in [0.15, 0.2) is 0 Å². The maximum atomic E-state index is 13.3. The Morgan fingerprint density at radius 1 is 1.46 bits per heavy atom. The summed E-state index contributed by atoms with van der Waals surface area (Å²) in [6.07, 6.45) is 0. The molecule has 0 amide bonds. The molecule has 1 aromatic rings. The lowest BCUT2D eigenvalue weighted by molar-refractivity contribution is 0.270. The van der Waals surface area contributed by atoms with Gasteiger partial charge in [-0.2, -0.15) is 0 Å². The molecule has 72 valence electrons. The molecule has 0 aliphatic rings. The number of halogens is 1. The van der Waals surface area contributed by atoms with Crippen molar-refractivity contribution in [3.05, 3.63) is 29.1 Å². The number of benzene rings is 1. The van der Waals surface area contributed by atoms with Gasteiger partial charge in [-0.25, -0.2) is 4.39 Å². The fraction of sp³-hybridized carbons (Fsp3) is 0.400. The predicted octanol–water partition coefficient (Wildman–Crippen LogP) is 1.94. The van der Waals surface area contributed by atoms with Crippen LogP contribution in [0.3, 0.4) is 0 Å². The summed E-state index contributed by atoms with van der Waals surface area (Å²) in [4.78, 5) is 0. The quantitative estimate of drug-likeness (QED) is 0.737. The molecule has 1 aromatic carbocycles. The number of aliphatic hydroxyl groups is 1. The minimum atomic E-state index is -0.459. The Bertz CT molecular complexity index is 287. The summed E-state index contributed by atoms with van der Waals surface area (Å²) >= 11 is 0. The van der Waals surface area contributed by atoms with Crippen LogP contribution in [0.5, 0.6) is 5.75 Å². The average molecular weight is 184 g/mol. The van der Waals surface area contributed by atoms with Crippen molar-refractivity contribution >= 4 is 0 Å². The molecule has 1 atom stereocenters. The second-order valence-corrected chi connectivity index (χ2v) is 3.24. The van der Waals surface area contributed by atoms with Gasteiger partial charge in [0.2, 0.25) is 0 Å². The van der Waals surface area contributed by atoms with E-state index in [-0.39, 0.29) is 18.3 Å². The second-order valence-electron chi connectivity index (χ2n) is 3.24. The highest BCUT2D eigenvalue weighted by atomic mass is 19.1. The van der Waals surface area contributed by atoms with Crippen LogP contribution in [0.15, 0.2) is 12.1 Å². The summed E-state index contributed by atoms with van der Waals surface area (Å²) in [6, 6.07) is 2.55. The number of hydrogen-bond donors (Lipinski definition) is 2. The fourth-order valence-corrected chi connectivity index (χ4v) is 1.45. The normalized spacial score (nSPS) is 12.9. The van der Waals surface area contributed by atoms with Gasteiger partial charge >= 0.3 is 0 Å². The van der Waals surface area contributed by atoms with Crippen molar-refractivity contribution in [2.45, 2.75) is 19.8 Å². The first-order chi connectivity index (χ1) is 6.06. The van der Waals surface area contributed by atoms with Gasteiger partial charge < -0.3 is 10.2 Å². The van der Waals surface area contributed by atoms with Gasteiger partial charge in [0.1, 0.15) is 11.6 Å². The molecule has 0 bridgehead atoms. The number of aryl methyl sites for hydroxylation is 1. The molecule has 0 aromatic heterocycles. The molecule has 1 unspecified atom stereocenters. The van der Waals surface area contributed by atoms with Crippen LogP contribution >= 0.6 is 0 Å². The van der Waals surface area contributed by atoms with E-state index in [0.29, 0.717) is 11.1 Å². The zero-order valence-corrected chi connectivity index (χ0v) is 7.71. The third kappa shape index (κ3) is 1.98. The molecule has 0 heterocycles. The molecule has 0 saturated carbocycles. The van der Waals surface area contributed by atoms with Crippen LogP contribution in [0.1, 0.15) is 24.0 Å². The molecule has 0 fully saturated rings. The Hall–Kier alpha value is -1.09. The summed E-state index contributed by atoms with van der Waals surface area (Å²) in [5.41, 5.74) is 1.14. The predicted molar refractivity (Wildman–Crippen MR) is 48.3 cm³/mol. The van der Waals surface area contributed by atoms with Crippen molar-refractivity contribution in [2.24, 2.45) is 0 Å². The van der Waals surface area contributed by atoms with Crippen LogP contribution < -0.4 is 0 Å². The first-order valence-corrected chi connectivity index (χ1v) is 4.16. The average Bonchev–Trinajstić information content (AvgIpc) is 2.02. The molecule has 0 aliphatic carbocycles. The molecule has 0 radical (unpaired) electrons. The van der Waals surface area contributed by atoms with Gasteiger partial charge in [0.25, 0.3) is 0 Å². The van der Waals surface area contributed by atoms with E-state index in [1.807, 2.05) is 0 Å². The number of phenols is 1. The minimum absolute atomic E-state index is 0.0797. The van der Waals surface area contributed by atoms with Gasteiger partial charge in [0, 0.05) is 18.6 Å². The SMILES string of the molecule is Cc1cc(O)cc(F)c1C(C)CO. The maximum Gasteiger partial charge on any atom is 0.130 e. The Kier molecular flexibility index (Phi) is 2.88. The van der Waals surface area contributed by atoms with Crippen LogP contribution in [-0.4, -0.2) is 16.8 Å². The number of phenolic OH excluding ortho intramolecular Hbond substituents is 1. The topological polar surface area (TPSA) is 40.5 Å². The van der Waals surface area contributed by atoms with Gasteiger partial charge in [-0.15, -0.1) is 0 Å². The highest BCUT2D eigenvalue weighted by Gasteiger charge is 2.13. The molecule has 13 heavy (non-hydrogen) atoms. The lowest BCUT2D eigenvalue weighted by atomic mass is 9.96. The molecule has 2 nitrogen and oxygen atoms in total. The van der Waals surface area contributed by atoms with Gasteiger partial charge in [-0.3, -0.25) is 0 Å². The van der Waals surface area contributed by atoms with Gasteiger partial charge in [-0.1, -0.05) is 6.92 Å². The highest BCUT2D eigenvalue weighted by Crippen LogP contribution is 2.26. The third-order valence-electron chi connectivity index (χ3n) is 2.09. The van der Waals surface area contributed by atoms with Gasteiger partial charge in [-0.05, 0) is 24.1 Å². The molecule has 2 N–H and O–H groups in total. The Labute approximate surface area is 76.6 Å². The van der Waals surface area contributed by atoms with Crippen molar-refractivity contribution in [1.82, 2.24) is 0 Å². The molecule has 3 heteroatoms. The van der Waals surface area contributed by atoms with E-state index in [4.69, 9.17) is 10.2 Å². The van der Waals surface area contributed by atoms with Crippen molar-refractivity contribution < 1.29 is 14.6 Å². The summed E-state index contributed by atoms with van der Waals surface area (Å²) < 4.78 is 13.3. The van der Waals surface area contributed by atoms with E-state index < -0.39 is 5.82 Å². The lowest BCUT2D eigenvalue weighted by Gasteiger charge is -2.13. The Morgan fingerprint density at radius 3 is 2.54 bits per heavy atom. The molecule has 1 rings (SSSR count). The molecular weight excluding hydrogens is 171 g/mol. The first-order valence-electron chi connectivity index (χ1n) is 4.16. The van der Waals surface area contributed by atoms with Crippen LogP contribution in [0, 0.1) is 12.7 Å². The molecule has 0 spiro atoms. The van der Waals surface area contributed by atoms with E-state index in [1.54, 1.807) is 13.8 Å². The van der Waals surface area contributed by atoms with E-state index in [1.165, 1.54) is 6.07 Å². The molecule has 0 saturated heterocycles. The first kappa shape index (κ1) is 9.99. The zero-order chi connectivity index (χ0) is 10.0. The molecule has 0 aliphatic heterocycles. The van der Waals surface area contributed by atoms with Gasteiger partial charge in [0.05, 0.1) is 0 Å². The van der Waals surface area contributed by atoms with Crippen LogP contribution in [0.25, 0.3) is 0 Å². The Balaban J connectivity index is 3.20. The van der Waals surface area contributed by atoms with Crippen LogP contribution in [0.4, 0.5) is 4.39 Å². The maximum absolute atomic E-state index is 13.3. The van der Waals surface area contributed by atoms with E-state index in [0.717, 1.165) is 6.07 Å². The summed E-state index contributed by atoms with van der Waals surface area (Å²) in [7, 11) is 0. The number of aromatic hydroxyl groups is 1. The third-order valence-corrected chi connectivity index (χ3v) is 2.09. The van der Waals surface area contributed by atoms with E-state index in [2.05, 4.69) is 0 Å². The smallest absolute Gasteiger partial charge is 0.130 e. The lowest BCUT2D eigenvalue weighted by Crippen LogP contribution is -2.04. The highest BCUT2D eigenvalue weighted by molar-refractivity contribution is 5.37. The number of hydrogen-bond acceptors (Lipinski definition) is 2. The fourth-order valence-electron chi connectivity index (χ4n) is 1.45. The minimum Gasteiger partial charge on any atom is -0.508 e. The number of rotatable bonds is 2. The summed E-state index contributed by atoms with van der Waals surface area (Å²) in [6.45, 7) is 3.36. The Morgan fingerprint density at radius 2 is 2.08 bits per heavy atom. The molecular formula is C10H13FO2. The van der Waals surface area contributed by atoms with E-state index >= 15 is 0 Å². The van der Waals surface area contributed by atoms with Crippen molar-refractivity contribution in [2.75, 3.05) is 6.61 Å². The summed E-state index contributed by atoms with van der Waals surface area (Å²) in [5, 5.41) is 17.9. The van der Waals surface area contributed by atoms with Crippen LogP contribution in [0.2, 0.25) is 0 Å². The largest absolute Gasteiger partial charge is 0.508 e. The van der Waals surface area contributed by atoms with Crippen LogP contribution in [-0.2, 0) is 0 Å². The van der Waals surface area contributed by atoms with Crippen molar-refractivity contribution in [3.63, 3.8) is 0 Å².